The Hall–Kier alpha value is -1.06. The van der Waals surface area contributed by atoms with E-state index in [1.54, 1.807) is 0 Å². The first-order chi connectivity index (χ1) is 9.15. The van der Waals surface area contributed by atoms with Crippen molar-refractivity contribution in [3.8, 4) is 0 Å². The van der Waals surface area contributed by atoms with Crippen LogP contribution < -0.4 is 11.1 Å². The monoisotopic (exact) mass is 296 g/mol. The highest BCUT2D eigenvalue weighted by atomic mass is 35.5. The van der Waals surface area contributed by atoms with E-state index in [0.717, 1.165) is 19.3 Å². The van der Waals surface area contributed by atoms with E-state index in [9.17, 15) is 4.79 Å². The Bertz CT molecular complexity index is 442. The summed E-state index contributed by atoms with van der Waals surface area (Å²) in [6.45, 7) is 2.65. The fourth-order valence-corrected chi connectivity index (χ4v) is 2.93. The fourth-order valence-electron chi connectivity index (χ4n) is 2.93. The van der Waals surface area contributed by atoms with Gasteiger partial charge in [-0.3, -0.25) is 4.79 Å². The van der Waals surface area contributed by atoms with Gasteiger partial charge in [0.1, 0.15) is 0 Å². The quantitative estimate of drug-likeness (QED) is 0.878. The lowest BCUT2D eigenvalue weighted by molar-refractivity contribution is -0.122. The third-order valence-electron chi connectivity index (χ3n) is 4.24. The van der Waals surface area contributed by atoms with Gasteiger partial charge in [0.15, 0.2) is 0 Å². The van der Waals surface area contributed by atoms with Crippen LogP contribution in [0.25, 0.3) is 0 Å². The van der Waals surface area contributed by atoms with Gasteiger partial charge < -0.3 is 11.1 Å². The van der Waals surface area contributed by atoms with Crippen LogP contribution in [0.4, 0.5) is 0 Å². The Labute approximate surface area is 127 Å². The number of carbonyl (C=O) groups is 1. The highest BCUT2D eigenvalue weighted by Crippen LogP contribution is 2.28. The molecule has 20 heavy (non-hydrogen) atoms. The molecule has 1 amide bonds. The fraction of sp³-hybridized carbons (Fsp3) is 0.562. The van der Waals surface area contributed by atoms with E-state index in [2.05, 4.69) is 24.4 Å². The van der Waals surface area contributed by atoms with Gasteiger partial charge in [-0.15, -0.1) is 12.4 Å². The second-order valence-electron chi connectivity index (χ2n) is 5.67. The average Bonchev–Trinajstić information content (AvgIpc) is 2.87. The van der Waals surface area contributed by atoms with Crippen molar-refractivity contribution in [2.45, 2.75) is 51.0 Å². The van der Waals surface area contributed by atoms with Gasteiger partial charge in [-0.1, -0.05) is 37.1 Å². The van der Waals surface area contributed by atoms with Crippen molar-refractivity contribution >= 4 is 18.3 Å². The van der Waals surface area contributed by atoms with E-state index in [1.165, 1.54) is 24.0 Å². The number of benzene rings is 1. The van der Waals surface area contributed by atoms with E-state index in [0.29, 0.717) is 13.0 Å². The van der Waals surface area contributed by atoms with Gasteiger partial charge in [0.25, 0.3) is 0 Å². The zero-order chi connectivity index (χ0) is 13.7. The van der Waals surface area contributed by atoms with Crippen LogP contribution in [0, 0.1) is 6.92 Å². The van der Waals surface area contributed by atoms with E-state index >= 15 is 0 Å². The number of nitrogens with two attached hydrogens (primary N) is 1. The highest BCUT2D eigenvalue weighted by Gasteiger charge is 2.33. The van der Waals surface area contributed by atoms with Crippen molar-refractivity contribution in [3.63, 3.8) is 0 Å². The molecule has 112 valence electrons. The molecule has 1 aromatic carbocycles. The minimum atomic E-state index is -0.122. The second kappa shape index (κ2) is 7.65. The Kier molecular flexibility index (Phi) is 6.50. The average molecular weight is 297 g/mol. The summed E-state index contributed by atoms with van der Waals surface area (Å²) >= 11 is 0. The number of carbonyl (C=O) groups excluding carboxylic acids is 1. The molecule has 0 spiro atoms. The lowest BCUT2D eigenvalue weighted by Gasteiger charge is -2.28. The van der Waals surface area contributed by atoms with E-state index in [4.69, 9.17) is 5.73 Å². The largest absolute Gasteiger partial charge is 0.349 e. The molecule has 0 aromatic heterocycles. The van der Waals surface area contributed by atoms with Gasteiger partial charge in [0.05, 0.1) is 5.54 Å². The molecule has 2 rings (SSSR count). The van der Waals surface area contributed by atoms with Gasteiger partial charge in [-0.2, -0.15) is 0 Å². The third-order valence-corrected chi connectivity index (χ3v) is 4.24. The van der Waals surface area contributed by atoms with Crippen LogP contribution in [0.3, 0.4) is 0 Å². The molecule has 1 saturated carbocycles. The summed E-state index contributed by atoms with van der Waals surface area (Å²) in [4.78, 5) is 12.1. The molecule has 0 saturated heterocycles. The molecule has 0 aliphatic heterocycles. The maximum atomic E-state index is 12.1. The maximum absolute atomic E-state index is 12.1. The van der Waals surface area contributed by atoms with Crippen molar-refractivity contribution in [3.05, 3.63) is 35.4 Å². The second-order valence-corrected chi connectivity index (χ2v) is 5.67. The summed E-state index contributed by atoms with van der Waals surface area (Å²) in [6.07, 6.45) is 5.76. The predicted octanol–water partition coefficient (Wildman–Crippen LogP) is 2.74. The number of nitrogens with one attached hydrogen (secondary N) is 1. The molecular formula is C16H25ClN2O. The number of hydrogen-bond acceptors (Lipinski definition) is 2. The number of rotatable bonds is 5. The molecule has 1 aromatic rings. The molecule has 3 N–H and O–H groups in total. The molecule has 4 heteroatoms. The summed E-state index contributed by atoms with van der Waals surface area (Å²) in [6, 6.07) is 8.24. The normalized spacial score (nSPS) is 16.5. The number of amides is 1. The molecule has 0 bridgehead atoms. The van der Waals surface area contributed by atoms with Gasteiger partial charge in [0, 0.05) is 13.0 Å². The first kappa shape index (κ1) is 17.0. The molecule has 0 unspecified atom stereocenters. The Morgan fingerprint density at radius 2 is 1.95 bits per heavy atom. The Morgan fingerprint density at radius 1 is 1.30 bits per heavy atom. The number of halogens is 1. The Balaban J connectivity index is 0.00000200. The summed E-state index contributed by atoms with van der Waals surface area (Å²) in [5.74, 6) is 0.135. The molecule has 0 radical (unpaired) electrons. The van der Waals surface area contributed by atoms with Crippen molar-refractivity contribution in [2.24, 2.45) is 5.73 Å². The van der Waals surface area contributed by atoms with Crippen molar-refractivity contribution in [1.82, 2.24) is 5.32 Å². The van der Waals surface area contributed by atoms with Crippen molar-refractivity contribution < 1.29 is 4.79 Å². The molecule has 0 atom stereocenters. The first-order valence-corrected chi connectivity index (χ1v) is 7.21. The van der Waals surface area contributed by atoms with Crippen molar-refractivity contribution in [1.29, 1.82) is 0 Å². The van der Waals surface area contributed by atoms with Crippen LogP contribution in [0.2, 0.25) is 0 Å². The van der Waals surface area contributed by atoms with Crippen LogP contribution >= 0.6 is 12.4 Å². The van der Waals surface area contributed by atoms with Gasteiger partial charge in [-0.05, 0) is 37.3 Å². The Morgan fingerprint density at radius 3 is 2.55 bits per heavy atom. The maximum Gasteiger partial charge on any atom is 0.220 e. The SMILES string of the molecule is Cc1ccccc1CCC(=O)NC1(CN)CCCC1.Cl. The number of hydrogen-bond donors (Lipinski definition) is 2. The van der Waals surface area contributed by atoms with Crippen LogP contribution in [0.1, 0.15) is 43.2 Å². The third kappa shape index (κ3) is 4.22. The molecule has 0 heterocycles. The lowest BCUT2D eigenvalue weighted by Crippen LogP contribution is -2.51. The van der Waals surface area contributed by atoms with Crippen molar-refractivity contribution in [2.75, 3.05) is 6.54 Å². The first-order valence-electron chi connectivity index (χ1n) is 7.21. The van der Waals surface area contributed by atoms with Crippen LogP contribution in [-0.2, 0) is 11.2 Å². The van der Waals surface area contributed by atoms with Crippen LogP contribution in [0.15, 0.2) is 24.3 Å². The predicted molar refractivity (Wildman–Crippen MR) is 85.1 cm³/mol. The molecule has 1 aliphatic carbocycles. The van der Waals surface area contributed by atoms with Gasteiger partial charge in [-0.25, -0.2) is 0 Å². The molecule has 1 fully saturated rings. The zero-order valence-corrected chi connectivity index (χ0v) is 13.0. The van der Waals surface area contributed by atoms with E-state index < -0.39 is 0 Å². The topological polar surface area (TPSA) is 55.1 Å². The molecule has 3 nitrogen and oxygen atoms in total. The summed E-state index contributed by atoms with van der Waals surface area (Å²) in [7, 11) is 0. The zero-order valence-electron chi connectivity index (χ0n) is 12.2. The smallest absolute Gasteiger partial charge is 0.220 e. The van der Waals surface area contributed by atoms with E-state index in [1.807, 2.05) is 12.1 Å². The highest BCUT2D eigenvalue weighted by molar-refractivity contribution is 5.85. The van der Waals surface area contributed by atoms with Crippen LogP contribution in [0.5, 0.6) is 0 Å². The molecule has 1 aliphatic rings. The van der Waals surface area contributed by atoms with Crippen LogP contribution in [-0.4, -0.2) is 18.0 Å². The molecular weight excluding hydrogens is 272 g/mol. The summed E-state index contributed by atoms with van der Waals surface area (Å²) < 4.78 is 0. The number of aryl methyl sites for hydroxylation is 2. The lowest BCUT2D eigenvalue weighted by atomic mass is 9.97. The minimum absolute atomic E-state index is 0. The summed E-state index contributed by atoms with van der Waals surface area (Å²) in [5.41, 5.74) is 8.22. The standard InChI is InChI=1S/C16H24N2O.ClH/c1-13-6-2-3-7-14(13)8-9-15(19)18-16(12-17)10-4-5-11-16;/h2-3,6-7H,4-5,8-12,17H2,1H3,(H,18,19);1H. The summed E-state index contributed by atoms with van der Waals surface area (Å²) in [5, 5.41) is 3.17. The minimum Gasteiger partial charge on any atom is -0.349 e. The van der Waals surface area contributed by atoms with Gasteiger partial charge >= 0.3 is 0 Å². The van der Waals surface area contributed by atoms with Gasteiger partial charge in [0.2, 0.25) is 5.91 Å². The van der Waals surface area contributed by atoms with E-state index in [-0.39, 0.29) is 23.9 Å².